The predicted octanol–water partition coefficient (Wildman–Crippen LogP) is 13.2. The molecule has 2 nitrogen and oxygen atoms in total. The van der Waals surface area contributed by atoms with E-state index < -0.39 is 0 Å². The van der Waals surface area contributed by atoms with Crippen molar-refractivity contribution < 1.29 is 4.42 Å². The van der Waals surface area contributed by atoms with Gasteiger partial charge < -0.3 is 9.32 Å². The molecule has 0 atom stereocenters. The van der Waals surface area contributed by atoms with E-state index in [1.165, 1.54) is 43.8 Å². The van der Waals surface area contributed by atoms with Crippen LogP contribution in [0, 0.1) is 0 Å². The van der Waals surface area contributed by atoms with Crippen LogP contribution in [0.25, 0.3) is 66.1 Å². The maximum Gasteiger partial charge on any atom is 0.137 e. The van der Waals surface area contributed by atoms with Crippen LogP contribution in [0.1, 0.15) is 0 Å². The Bertz CT molecular complexity index is 2390. The first-order valence-electron chi connectivity index (χ1n) is 16.3. The van der Waals surface area contributed by atoms with Crippen molar-refractivity contribution in [3.63, 3.8) is 0 Å². The molecular weight excluding hydrogens is 583 g/mol. The molecule has 0 N–H and O–H groups in total. The smallest absolute Gasteiger partial charge is 0.137 e. The van der Waals surface area contributed by atoms with E-state index in [0.29, 0.717) is 0 Å². The molecule has 0 saturated heterocycles. The highest BCUT2D eigenvalue weighted by Crippen LogP contribution is 2.43. The molecule has 0 bridgehead atoms. The molecule has 1 aromatic heterocycles. The van der Waals surface area contributed by atoms with Gasteiger partial charge in [0.1, 0.15) is 11.3 Å². The van der Waals surface area contributed by atoms with Crippen LogP contribution in [0.3, 0.4) is 0 Å². The summed E-state index contributed by atoms with van der Waals surface area (Å²) >= 11 is 0. The van der Waals surface area contributed by atoms with Crippen LogP contribution < -0.4 is 4.90 Å². The van der Waals surface area contributed by atoms with Crippen molar-refractivity contribution in [1.82, 2.24) is 0 Å². The average Bonchev–Trinajstić information content (AvgIpc) is 3.60. The Kier molecular flexibility index (Phi) is 6.84. The molecule has 0 aliphatic rings. The summed E-state index contributed by atoms with van der Waals surface area (Å²) in [6, 6.07) is 66.9. The molecule has 2 heteroatoms. The number of rotatable bonds is 6. The molecule has 0 radical (unpaired) electrons. The van der Waals surface area contributed by atoms with Crippen molar-refractivity contribution in [2.24, 2.45) is 0 Å². The monoisotopic (exact) mass is 613 g/mol. The van der Waals surface area contributed by atoms with E-state index in [-0.39, 0.29) is 0 Å². The van der Waals surface area contributed by atoms with Gasteiger partial charge in [-0.05, 0) is 92.3 Å². The average molecular weight is 614 g/mol. The van der Waals surface area contributed by atoms with Crippen LogP contribution in [-0.4, -0.2) is 0 Å². The number of nitrogens with zero attached hydrogens (tertiary/aromatic N) is 1. The number of benzene rings is 8. The van der Waals surface area contributed by atoms with Crippen LogP contribution >= 0.6 is 0 Å². The molecule has 0 fully saturated rings. The van der Waals surface area contributed by atoms with Crippen molar-refractivity contribution in [2.45, 2.75) is 0 Å². The number of hydrogen-bond acceptors (Lipinski definition) is 2. The molecule has 0 unspecified atom stereocenters. The molecule has 0 saturated carbocycles. The SMILES string of the molecule is c1ccc(N(c2ccc(-c3cccc4ccccc34)cc2)c2ccc(-c3cccc4ccccc34)cc2)c(-c2cc3ccccc3o2)c1. The zero-order valence-corrected chi connectivity index (χ0v) is 26.3. The van der Waals surface area contributed by atoms with Crippen molar-refractivity contribution in [3.05, 3.63) is 188 Å². The van der Waals surface area contributed by atoms with Gasteiger partial charge in [-0.15, -0.1) is 0 Å². The van der Waals surface area contributed by atoms with Gasteiger partial charge >= 0.3 is 0 Å². The summed E-state index contributed by atoms with van der Waals surface area (Å²) in [6.07, 6.45) is 0. The van der Waals surface area contributed by atoms with Gasteiger partial charge in [0.15, 0.2) is 0 Å². The Morgan fingerprint density at radius 2 is 0.812 bits per heavy atom. The molecule has 0 aliphatic carbocycles. The third-order valence-corrected chi connectivity index (χ3v) is 9.29. The van der Waals surface area contributed by atoms with Gasteiger partial charge in [0.05, 0.1) is 5.69 Å². The second-order valence-electron chi connectivity index (χ2n) is 12.1. The Hall–Kier alpha value is -6.38. The fraction of sp³-hybridized carbons (Fsp3) is 0. The molecule has 0 spiro atoms. The summed E-state index contributed by atoms with van der Waals surface area (Å²) < 4.78 is 6.43. The minimum atomic E-state index is 0.844. The van der Waals surface area contributed by atoms with Crippen molar-refractivity contribution >= 4 is 49.6 Å². The molecule has 0 amide bonds. The van der Waals surface area contributed by atoms with Crippen LogP contribution in [-0.2, 0) is 0 Å². The van der Waals surface area contributed by atoms with E-state index in [1.54, 1.807) is 0 Å². The summed E-state index contributed by atoms with van der Waals surface area (Å²) in [7, 11) is 0. The Balaban J connectivity index is 1.18. The quantitative estimate of drug-likeness (QED) is 0.185. The fourth-order valence-electron chi connectivity index (χ4n) is 6.95. The van der Waals surface area contributed by atoms with E-state index >= 15 is 0 Å². The summed E-state index contributed by atoms with van der Waals surface area (Å²) in [6.45, 7) is 0. The molecule has 226 valence electrons. The van der Waals surface area contributed by atoms with Gasteiger partial charge in [0.2, 0.25) is 0 Å². The van der Waals surface area contributed by atoms with E-state index in [2.05, 4.69) is 181 Å². The molecule has 0 aliphatic heterocycles. The third kappa shape index (κ3) is 4.92. The van der Waals surface area contributed by atoms with Crippen LogP contribution in [0.5, 0.6) is 0 Å². The lowest BCUT2D eigenvalue weighted by molar-refractivity contribution is 0.631. The highest BCUT2D eigenvalue weighted by molar-refractivity contribution is 5.99. The highest BCUT2D eigenvalue weighted by Gasteiger charge is 2.20. The Labute approximate surface area is 279 Å². The van der Waals surface area contributed by atoms with Crippen molar-refractivity contribution in [2.75, 3.05) is 4.90 Å². The first-order valence-corrected chi connectivity index (χ1v) is 16.3. The molecule has 9 aromatic rings. The zero-order valence-electron chi connectivity index (χ0n) is 26.3. The first kappa shape index (κ1) is 27.9. The largest absolute Gasteiger partial charge is 0.456 e. The minimum absolute atomic E-state index is 0.844. The number of hydrogen-bond donors (Lipinski definition) is 0. The summed E-state index contributed by atoms with van der Waals surface area (Å²) in [5.74, 6) is 0.844. The number of furan rings is 1. The standard InChI is InChI=1S/C46H31NO/c1-4-16-39-32(11-1)14-9-19-41(39)34-23-27-37(28-24-34)47(44-21-7-6-18-43(44)46-31-36-13-3-8-22-45(36)48-46)38-29-25-35(26-30-38)42-20-10-15-33-12-2-5-17-40(33)42/h1-31H. The highest BCUT2D eigenvalue weighted by atomic mass is 16.3. The van der Waals surface area contributed by atoms with Gasteiger partial charge in [-0.2, -0.15) is 0 Å². The number of fused-ring (bicyclic) bond motifs is 3. The van der Waals surface area contributed by atoms with Gasteiger partial charge in [-0.3, -0.25) is 0 Å². The predicted molar refractivity (Wildman–Crippen MR) is 202 cm³/mol. The van der Waals surface area contributed by atoms with E-state index in [1.807, 2.05) is 12.1 Å². The lowest BCUT2D eigenvalue weighted by Crippen LogP contribution is -2.11. The minimum Gasteiger partial charge on any atom is -0.456 e. The number of para-hydroxylation sites is 2. The lowest BCUT2D eigenvalue weighted by atomic mass is 9.97. The normalized spacial score (nSPS) is 11.3. The van der Waals surface area contributed by atoms with Crippen molar-refractivity contribution in [1.29, 1.82) is 0 Å². The molecule has 8 aromatic carbocycles. The second-order valence-corrected chi connectivity index (χ2v) is 12.1. The third-order valence-electron chi connectivity index (χ3n) is 9.29. The van der Waals surface area contributed by atoms with Crippen molar-refractivity contribution in [3.8, 4) is 33.6 Å². The topological polar surface area (TPSA) is 16.4 Å². The van der Waals surface area contributed by atoms with Crippen LogP contribution in [0.4, 0.5) is 17.1 Å². The maximum absolute atomic E-state index is 6.43. The lowest BCUT2D eigenvalue weighted by Gasteiger charge is -2.27. The van der Waals surface area contributed by atoms with Gasteiger partial charge in [-0.25, -0.2) is 0 Å². The van der Waals surface area contributed by atoms with E-state index in [0.717, 1.165) is 39.4 Å². The zero-order chi connectivity index (χ0) is 31.9. The number of anilines is 3. The first-order chi connectivity index (χ1) is 23.8. The molecular formula is C46H31NO. The van der Waals surface area contributed by atoms with Crippen LogP contribution in [0.15, 0.2) is 192 Å². The summed E-state index contributed by atoms with van der Waals surface area (Å²) in [5, 5.41) is 6.08. The molecule has 48 heavy (non-hydrogen) atoms. The Morgan fingerprint density at radius 3 is 1.40 bits per heavy atom. The van der Waals surface area contributed by atoms with Gasteiger partial charge in [0.25, 0.3) is 0 Å². The van der Waals surface area contributed by atoms with Crippen LogP contribution in [0.2, 0.25) is 0 Å². The van der Waals surface area contributed by atoms with Gasteiger partial charge in [-0.1, -0.05) is 140 Å². The fourth-order valence-corrected chi connectivity index (χ4v) is 6.95. The maximum atomic E-state index is 6.43. The van der Waals surface area contributed by atoms with E-state index in [9.17, 15) is 0 Å². The summed E-state index contributed by atoms with van der Waals surface area (Å²) in [4.78, 5) is 2.34. The van der Waals surface area contributed by atoms with Gasteiger partial charge in [0, 0.05) is 22.3 Å². The molecule has 9 rings (SSSR count). The Morgan fingerprint density at radius 1 is 0.354 bits per heavy atom. The second kappa shape index (κ2) is 11.8. The van der Waals surface area contributed by atoms with E-state index in [4.69, 9.17) is 4.42 Å². The molecule has 1 heterocycles. The summed E-state index contributed by atoms with van der Waals surface area (Å²) in [5.41, 5.74) is 9.94.